The van der Waals surface area contributed by atoms with Crippen molar-refractivity contribution in [2.75, 3.05) is 11.9 Å². The van der Waals surface area contributed by atoms with E-state index < -0.39 is 0 Å². The molecule has 2 rings (SSSR count). The number of nitrogens with zero attached hydrogens (tertiary/aromatic N) is 2. The van der Waals surface area contributed by atoms with E-state index in [2.05, 4.69) is 16.9 Å². The van der Waals surface area contributed by atoms with Gasteiger partial charge >= 0.3 is 0 Å². The van der Waals surface area contributed by atoms with Crippen molar-refractivity contribution in [3.05, 3.63) is 34.9 Å². The SMILES string of the molecule is C=CCn1cnc2c(c1=O)CCCN2. The van der Waals surface area contributed by atoms with Crippen molar-refractivity contribution < 1.29 is 0 Å². The Morgan fingerprint density at radius 2 is 2.57 bits per heavy atom. The summed E-state index contributed by atoms with van der Waals surface area (Å²) in [5, 5.41) is 3.12. The molecule has 0 aliphatic carbocycles. The average Bonchev–Trinajstić information content (AvgIpc) is 2.23. The van der Waals surface area contributed by atoms with E-state index in [-0.39, 0.29) is 5.56 Å². The largest absolute Gasteiger partial charge is 0.370 e. The zero-order valence-electron chi connectivity index (χ0n) is 7.99. The first-order valence-electron chi connectivity index (χ1n) is 4.76. The predicted molar refractivity (Wildman–Crippen MR) is 55.5 cm³/mol. The molecular weight excluding hydrogens is 178 g/mol. The van der Waals surface area contributed by atoms with Crippen LogP contribution in [0.4, 0.5) is 5.82 Å². The summed E-state index contributed by atoms with van der Waals surface area (Å²) in [6, 6.07) is 0. The maximum absolute atomic E-state index is 11.8. The summed E-state index contributed by atoms with van der Waals surface area (Å²) in [5.74, 6) is 0.751. The lowest BCUT2D eigenvalue weighted by molar-refractivity contribution is 0.709. The minimum Gasteiger partial charge on any atom is -0.370 e. The van der Waals surface area contributed by atoms with Gasteiger partial charge in [-0.3, -0.25) is 9.36 Å². The van der Waals surface area contributed by atoms with E-state index in [0.717, 1.165) is 30.8 Å². The van der Waals surface area contributed by atoms with Gasteiger partial charge in [-0.15, -0.1) is 6.58 Å². The van der Waals surface area contributed by atoms with Gasteiger partial charge in [0.2, 0.25) is 0 Å². The number of rotatable bonds is 2. The van der Waals surface area contributed by atoms with Crippen LogP contribution in [-0.2, 0) is 13.0 Å². The maximum atomic E-state index is 11.8. The van der Waals surface area contributed by atoms with Crippen LogP contribution in [0, 0.1) is 0 Å². The Morgan fingerprint density at radius 1 is 1.71 bits per heavy atom. The summed E-state index contributed by atoms with van der Waals surface area (Å²) >= 11 is 0. The molecule has 0 saturated heterocycles. The number of allylic oxidation sites excluding steroid dienone is 1. The van der Waals surface area contributed by atoms with E-state index in [0.29, 0.717) is 6.54 Å². The maximum Gasteiger partial charge on any atom is 0.258 e. The van der Waals surface area contributed by atoms with Crippen molar-refractivity contribution in [3.63, 3.8) is 0 Å². The van der Waals surface area contributed by atoms with Gasteiger partial charge in [0.15, 0.2) is 0 Å². The second kappa shape index (κ2) is 3.65. The van der Waals surface area contributed by atoms with Crippen LogP contribution in [0.15, 0.2) is 23.8 Å². The fourth-order valence-electron chi connectivity index (χ4n) is 1.65. The third kappa shape index (κ3) is 1.43. The van der Waals surface area contributed by atoms with E-state index >= 15 is 0 Å². The molecule has 1 aliphatic heterocycles. The molecule has 0 bridgehead atoms. The Morgan fingerprint density at radius 3 is 3.36 bits per heavy atom. The summed E-state index contributed by atoms with van der Waals surface area (Å²) in [5.41, 5.74) is 0.864. The lowest BCUT2D eigenvalue weighted by Crippen LogP contribution is -2.28. The predicted octanol–water partition coefficient (Wildman–Crippen LogP) is 0.787. The van der Waals surface area contributed by atoms with Gasteiger partial charge in [0.1, 0.15) is 12.1 Å². The molecule has 0 radical (unpaired) electrons. The van der Waals surface area contributed by atoms with Gasteiger partial charge in [0.05, 0.1) is 5.56 Å². The van der Waals surface area contributed by atoms with Crippen LogP contribution < -0.4 is 10.9 Å². The minimum absolute atomic E-state index is 0.0575. The minimum atomic E-state index is 0.0575. The molecule has 4 heteroatoms. The van der Waals surface area contributed by atoms with Crippen LogP contribution in [0.2, 0.25) is 0 Å². The number of hydrogen-bond acceptors (Lipinski definition) is 3. The zero-order chi connectivity index (χ0) is 9.97. The Hall–Kier alpha value is -1.58. The molecule has 1 N–H and O–H groups in total. The molecule has 2 heterocycles. The molecule has 14 heavy (non-hydrogen) atoms. The average molecular weight is 191 g/mol. The molecule has 1 aliphatic rings. The molecule has 1 aromatic rings. The molecule has 1 aromatic heterocycles. The number of nitrogens with one attached hydrogen (secondary N) is 1. The lowest BCUT2D eigenvalue weighted by atomic mass is 10.1. The molecule has 4 nitrogen and oxygen atoms in total. The zero-order valence-corrected chi connectivity index (χ0v) is 7.99. The summed E-state index contributed by atoms with van der Waals surface area (Å²) in [7, 11) is 0. The Labute approximate surface area is 82.3 Å². The molecule has 0 saturated carbocycles. The van der Waals surface area contributed by atoms with E-state index in [1.165, 1.54) is 0 Å². The lowest BCUT2D eigenvalue weighted by Gasteiger charge is -2.16. The highest BCUT2D eigenvalue weighted by Crippen LogP contribution is 2.13. The number of anilines is 1. The number of aromatic nitrogens is 2. The van der Waals surface area contributed by atoms with Crippen LogP contribution in [0.25, 0.3) is 0 Å². The molecule has 0 spiro atoms. The third-order valence-corrected chi connectivity index (χ3v) is 2.35. The van der Waals surface area contributed by atoms with Gasteiger partial charge in [-0.25, -0.2) is 4.98 Å². The number of hydrogen-bond donors (Lipinski definition) is 1. The fourth-order valence-corrected chi connectivity index (χ4v) is 1.65. The van der Waals surface area contributed by atoms with Gasteiger partial charge in [-0.2, -0.15) is 0 Å². The molecule has 0 fully saturated rings. The van der Waals surface area contributed by atoms with Crippen molar-refractivity contribution in [3.8, 4) is 0 Å². The highest BCUT2D eigenvalue weighted by Gasteiger charge is 2.14. The molecular formula is C10H13N3O. The first kappa shape index (κ1) is 8.99. The molecule has 0 aromatic carbocycles. The van der Waals surface area contributed by atoms with E-state index in [1.54, 1.807) is 17.0 Å². The van der Waals surface area contributed by atoms with Crippen LogP contribution in [0.1, 0.15) is 12.0 Å². The first-order chi connectivity index (χ1) is 6.83. The van der Waals surface area contributed by atoms with E-state index in [1.807, 2.05) is 0 Å². The summed E-state index contributed by atoms with van der Waals surface area (Å²) in [6.07, 6.45) is 5.10. The van der Waals surface area contributed by atoms with Crippen molar-refractivity contribution in [2.45, 2.75) is 19.4 Å². The van der Waals surface area contributed by atoms with Crippen LogP contribution >= 0.6 is 0 Å². The normalized spacial score (nSPS) is 14.3. The smallest absolute Gasteiger partial charge is 0.258 e. The van der Waals surface area contributed by atoms with Gasteiger partial charge in [-0.1, -0.05) is 6.08 Å². The third-order valence-electron chi connectivity index (χ3n) is 2.35. The van der Waals surface area contributed by atoms with Gasteiger partial charge in [0.25, 0.3) is 5.56 Å². The quantitative estimate of drug-likeness (QED) is 0.703. The van der Waals surface area contributed by atoms with Crippen molar-refractivity contribution in [2.24, 2.45) is 0 Å². The highest BCUT2D eigenvalue weighted by molar-refractivity contribution is 5.44. The van der Waals surface area contributed by atoms with Crippen LogP contribution in [-0.4, -0.2) is 16.1 Å². The Kier molecular flexibility index (Phi) is 2.35. The molecule has 0 unspecified atom stereocenters. The van der Waals surface area contributed by atoms with Gasteiger partial charge in [0, 0.05) is 13.1 Å². The summed E-state index contributed by atoms with van der Waals surface area (Å²) in [6.45, 7) is 5.04. The Bertz CT molecular complexity index is 408. The van der Waals surface area contributed by atoms with Crippen LogP contribution in [0.5, 0.6) is 0 Å². The molecule has 0 atom stereocenters. The van der Waals surface area contributed by atoms with Gasteiger partial charge in [-0.05, 0) is 12.8 Å². The molecule has 0 amide bonds. The van der Waals surface area contributed by atoms with Crippen LogP contribution in [0.3, 0.4) is 0 Å². The molecule has 74 valence electrons. The highest BCUT2D eigenvalue weighted by atomic mass is 16.1. The summed E-state index contributed by atoms with van der Waals surface area (Å²) < 4.78 is 1.58. The number of fused-ring (bicyclic) bond motifs is 1. The topological polar surface area (TPSA) is 46.9 Å². The summed E-state index contributed by atoms with van der Waals surface area (Å²) in [4.78, 5) is 16.0. The standard InChI is InChI=1S/C10H13N3O/c1-2-6-13-7-12-9-8(10(13)14)4-3-5-11-9/h2,7,11H,1,3-6H2. The Balaban J connectivity index is 2.48. The second-order valence-electron chi connectivity index (χ2n) is 3.35. The first-order valence-corrected chi connectivity index (χ1v) is 4.76. The van der Waals surface area contributed by atoms with E-state index in [9.17, 15) is 4.79 Å². The van der Waals surface area contributed by atoms with Crippen molar-refractivity contribution in [1.82, 2.24) is 9.55 Å². The van der Waals surface area contributed by atoms with Crippen molar-refractivity contribution >= 4 is 5.82 Å². The second-order valence-corrected chi connectivity index (χ2v) is 3.35. The fraction of sp³-hybridized carbons (Fsp3) is 0.400. The van der Waals surface area contributed by atoms with Crippen molar-refractivity contribution in [1.29, 1.82) is 0 Å². The van der Waals surface area contributed by atoms with Gasteiger partial charge < -0.3 is 5.32 Å². The monoisotopic (exact) mass is 191 g/mol. The van der Waals surface area contributed by atoms with E-state index in [4.69, 9.17) is 0 Å².